The van der Waals surface area contributed by atoms with Gasteiger partial charge in [0.2, 0.25) is 5.91 Å². The van der Waals surface area contributed by atoms with Crippen LogP contribution in [0, 0.1) is 6.92 Å². The molecule has 5 nitrogen and oxygen atoms in total. The lowest BCUT2D eigenvalue weighted by atomic mass is 10.0. The van der Waals surface area contributed by atoms with Gasteiger partial charge in [-0.25, -0.2) is 0 Å². The standard InChI is InChI=1S/C17H23N3O2/c1-14-11-18-19(12-14)13-15-5-2-3-9-20(15)17(21)8-7-16-6-4-10-22-16/h4,6,10-12,15H,2-3,5,7-9,13H2,1H3/t15-/m0/s1. The van der Waals surface area contributed by atoms with Crippen LogP contribution >= 0.6 is 0 Å². The van der Waals surface area contributed by atoms with Crippen LogP contribution in [0.1, 0.15) is 37.0 Å². The van der Waals surface area contributed by atoms with Gasteiger partial charge in [0.15, 0.2) is 0 Å². The summed E-state index contributed by atoms with van der Waals surface area (Å²) in [7, 11) is 0. The van der Waals surface area contributed by atoms with Crippen LogP contribution in [-0.4, -0.2) is 33.2 Å². The average molecular weight is 301 g/mol. The Hall–Kier alpha value is -2.04. The van der Waals surface area contributed by atoms with Crippen LogP contribution in [0.5, 0.6) is 0 Å². The maximum atomic E-state index is 12.6. The molecule has 0 bridgehead atoms. The molecule has 22 heavy (non-hydrogen) atoms. The fourth-order valence-electron chi connectivity index (χ4n) is 3.13. The predicted molar refractivity (Wildman–Crippen MR) is 83.3 cm³/mol. The Balaban J connectivity index is 1.60. The summed E-state index contributed by atoms with van der Waals surface area (Å²) in [5.74, 6) is 1.11. The minimum Gasteiger partial charge on any atom is -0.469 e. The normalized spacial score (nSPS) is 18.6. The third-order valence-corrected chi connectivity index (χ3v) is 4.27. The number of carbonyl (C=O) groups excluding carboxylic acids is 1. The van der Waals surface area contributed by atoms with E-state index in [1.165, 1.54) is 6.42 Å². The van der Waals surface area contributed by atoms with Crippen molar-refractivity contribution in [2.24, 2.45) is 0 Å². The maximum Gasteiger partial charge on any atom is 0.223 e. The van der Waals surface area contributed by atoms with Crippen molar-refractivity contribution < 1.29 is 9.21 Å². The minimum atomic E-state index is 0.227. The first kappa shape index (κ1) is 14.9. The highest BCUT2D eigenvalue weighted by Gasteiger charge is 2.26. The van der Waals surface area contributed by atoms with Gasteiger partial charge in [0.1, 0.15) is 5.76 Å². The second-order valence-corrected chi connectivity index (χ2v) is 6.06. The van der Waals surface area contributed by atoms with Crippen LogP contribution in [0.15, 0.2) is 35.2 Å². The van der Waals surface area contributed by atoms with Crippen molar-refractivity contribution in [1.82, 2.24) is 14.7 Å². The molecule has 3 heterocycles. The van der Waals surface area contributed by atoms with E-state index in [4.69, 9.17) is 4.42 Å². The molecule has 118 valence electrons. The zero-order chi connectivity index (χ0) is 15.4. The lowest BCUT2D eigenvalue weighted by molar-refractivity contribution is -0.135. The van der Waals surface area contributed by atoms with Gasteiger partial charge in [-0.3, -0.25) is 9.48 Å². The molecule has 5 heteroatoms. The van der Waals surface area contributed by atoms with E-state index in [-0.39, 0.29) is 11.9 Å². The highest BCUT2D eigenvalue weighted by atomic mass is 16.3. The zero-order valence-electron chi connectivity index (χ0n) is 13.1. The number of nitrogens with zero attached hydrogens (tertiary/aromatic N) is 3. The van der Waals surface area contributed by atoms with E-state index < -0.39 is 0 Å². The molecule has 1 aliphatic rings. The number of likely N-dealkylation sites (tertiary alicyclic amines) is 1. The molecule has 0 spiro atoms. The highest BCUT2D eigenvalue weighted by Crippen LogP contribution is 2.20. The first-order chi connectivity index (χ1) is 10.7. The van der Waals surface area contributed by atoms with Crippen LogP contribution in [0.4, 0.5) is 0 Å². The summed E-state index contributed by atoms with van der Waals surface area (Å²) in [6, 6.07) is 4.05. The second-order valence-electron chi connectivity index (χ2n) is 6.06. The summed E-state index contributed by atoms with van der Waals surface area (Å²) >= 11 is 0. The number of hydrogen-bond acceptors (Lipinski definition) is 3. The van der Waals surface area contributed by atoms with Crippen LogP contribution in [0.2, 0.25) is 0 Å². The van der Waals surface area contributed by atoms with Gasteiger partial charge in [0.05, 0.1) is 25.0 Å². The Labute approximate surface area is 130 Å². The van der Waals surface area contributed by atoms with Gasteiger partial charge in [0.25, 0.3) is 0 Å². The Morgan fingerprint density at radius 2 is 2.36 bits per heavy atom. The molecule has 1 saturated heterocycles. The van der Waals surface area contributed by atoms with E-state index in [1.807, 2.05) is 41.0 Å². The van der Waals surface area contributed by atoms with Crippen LogP contribution in [0.25, 0.3) is 0 Å². The van der Waals surface area contributed by atoms with Gasteiger partial charge in [-0.05, 0) is 43.9 Å². The molecule has 1 fully saturated rings. The third kappa shape index (κ3) is 3.59. The molecule has 1 aliphatic heterocycles. The van der Waals surface area contributed by atoms with Gasteiger partial charge in [-0.2, -0.15) is 5.10 Å². The van der Waals surface area contributed by atoms with Crippen molar-refractivity contribution in [2.75, 3.05) is 6.54 Å². The molecule has 2 aromatic heterocycles. The number of aryl methyl sites for hydroxylation is 2. The topological polar surface area (TPSA) is 51.3 Å². The van der Waals surface area contributed by atoms with Crippen molar-refractivity contribution in [3.8, 4) is 0 Å². The number of aromatic nitrogens is 2. The van der Waals surface area contributed by atoms with Crippen molar-refractivity contribution in [3.63, 3.8) is 0 Å². The van der Waals surface area contributed by atoms with Crippen molar-refractivity contribution in [3.05, 3.63) is 42.1 Å². The van der Waals surface area contributed by atoms with E-state index in [9.17, 15) is 4.79 Å². The summed E-state index contributed by atoms with van der Waals surface area (Å²) in [6.07, 6.45) is 10.1. The summed E-state index contributed by atoms with van der Waals surface area (Å²) in [5, 5.41) is 4.35. The smallest absolute Gasteiger partial charge is 0.223 e. The largest absolute Gasteiger partial charge is 0.469 e. The molecule has 0 saturated carbocycles. The van der Waals surface area contributed by atoms with E-state index in [0.717, 1.165) is 37.3 Å². The monoisotopic (exact) mass is 301 g/mol. The van der Waals surface area contributed by atoms with E-state index in [1.54, 1.807) is 6.26 Å². The van der Waals surface area contributed by atoms with Crippen molar-refractivity contribution in [2.45, 2.75) is 51.6 Å². The lowest BCUT2D eigenvalue weighted by Gasteiger charge is -2.35. The SMILES string of the molecule is Cc1cnn(C[C@@H]2CCCCN2C(=O)CCc2ccco2)c1. The molecule has 2 aromatic rings. The van der Waals surface area contributed by atoms with E-state index in [0.29, 0.717) is 12.8 Å². The fourth-order valence-corrected chi connectivity index (χ4v) is 3.13. The van der Waals surface area contributed by atoms with Gasteiger partial charge in [0, 0.05) is 25.6 Å². The van der Waals surface area contributed by atoms with Gasteiger partial charge >= 0.3 is 0 Å². The number of amides is 1. The van der Waals surface area contributed by atoms with Gasteiger partial charge in [-0.1, -0.05) is 0 Å². The molecule has 0 N–H and O–H groups in total. The Morgan fingerprint density at radius 1 is 1.45 bits per heavy atom. The molecule has 3 rings (SSSR count). The number of rotatable bonds is 5. The molecular weight excluding hydrogens is 278 g/mol. The number of hydrogen-bond donors (Lipinski definition) is 0. The van der Waals surface area contributed by atoms with Crippen LogP contribution in [0.3, 0.4) is 0 Å². The summed E-state index contributed by atoms with van der Waals surface area (Å²) in [4.78, 5) is 14.6. The summed E-state index contributed by atoms with van der Waals surface area (Å²) in [5.41, 5.74) is 1.16. The Bertz CT molecular complexity index is 603. The first-order valence-corrected chi connectivity index (χ1v) is 8.03. The molecule has 0 unspecified atom stereocenters. The quantitative estimate of drug-likeness (QED) is 0.853. The van der Waals surface area contributed by atoms with E-state index in [2.05, 4.69) is 5.10 Å². The Kier molecular flexibility index (Phi) is 4.61. The minimum absolute atomic E-state index is 0.227. The molecular formula is C17H23N3O2. The fraction of sp³-hybridized carbons (Fsp3) is 0.529. The third-order valence-electron chi connectivity index (χ3n) is 4.27. The molecule has 1 atom stereocenters. The molecule has 0 aliphatic carbocycles. The first-order valence-electron chi connectivity index (χ1n) is 8.03. The van der Waals surface area contributed by atoms with Crippen molar-refractivity contribution >= 4 is 5.91 Å². The van der Waals surface area contributed by atoms with Gasteiger partial charge < -0.3 is 9.32 Å². The molecule has 0 aromatic carbocycles. The highest BCUT2D eigenvalue weighted by molar-refractivity contribution is 5.76. The predicted octanol–water partition coefficient (Wildman–Crippen LogP) is 2.80. The van der Waals surface area contributed by atoms with Crippen LogP contribution < -0.4 is 0 Å². The summed E-state index contributed by atoms with van der Waals surface area (Å²) in [6.45, 7) is 3.69. The second kappa shape index (κ2) is 6.81. The zero-order valence-corrected chi connectivity index (χ0v) is 13.1. The average Bonchev–Trinajstić information content (AvgIpc) is 3.17. The molecule has 1 amide bonds. The van der Waals surface area contributed by atoms with E-state index >= 15 is 0 Å². The summed E-state index contributed by atoms with van der Waals surface area (Å²) < 4.78 is 7.27. The van der Waals surface area contributed by atoms with Crippen molar-refractivity contribution in [1.29, 1.82) is 0 Å². The Morgan fingerprint density at radius 3 is 3.09 bits per heavy atom. The lowest BCUT2D eigenvalue weighted by Crippen LogP contribution is -2.46. The van der Waals surface area contributed by atoms with Crippen LogP contribution in [-0.2, 0) is 17.8 Å². The molecule has 0 radical (unpaired) electrons. The van der Waals surface area contributed by atoms with Gasteiger partial charge in [-0.15, -0.1) is 0 Å². The maximum absolute atomic E-state index is 12.6. The number of furan rings is 1. The number of piperidine rings is 1. The number of carbonyl (C=O) groups is 1.